The number of amides is 1. The lowest BCUT2D eigenvalue weighted by Crippen LogP contribution is -2.41. The van der Waals surface area contributed by atoms with Crippen LogP contribution in [0.5, 0.6) is 0 Å². The van der Waals surface area contributed by atoms with Crippen molar-refractivity contribution in [2.45, 2.75) is 83.6 Å². The van der Waals surface area contributed by atoms with Gasteiger partial charge >= 0.3 is 5.92 Å². The van der Waals surface area contributed by atoms with Crippen LogP contribution in [0, 0.1) is 6.92 Å². The molecule has 2 aromatic carbocycles. The quantitative estimate of drug-likeness (QED) is 0.391. The van der Waals surface area contributed by atoms with Gasteiger partial charge in [-0.15, -0.1) is 5.10 Å². The van der Waals surface area contributed by atoms with Crippen molar-refractivity contribution in [2.75, 3.05) is 16.8 Å². The topological polar surface area (TPSA) is 87.6 Å². The maximum Gasteiger partial charge on any atom is 0.300 e. The molecule has 1 fully saturated rings. The Morgan fingerprint density at radius 2 is 1.92 bits per heavy atom. The van der Waals surface area contributed by atoms with Crippen molar-refractivity contribution < 1.29 is 23.4 Å². The molecule has 2 N–H and O–H groups in total. The molecule has 202 valence electrons. The van der Waals surface area contributed by atoms with Crippen LogP contribution in [0.4, 0.5) is 20.3 Å². The summed E-state index contributed by atoms with van der Waals surface area (Å²) in [6.07, 6.45) is 1.90. The van der Waals surface area contributed by atoms with E-state index in [0.29, 0.717) is 23.7 Å². The minimum absolute atomic E-state index is 0.0573. The second-order valence-corrected chi connectivity index (χ2v) is 11.0. The Kier molecular flexibility index (Phi) is 6.23. The van der Waals surface area contributed by atoms with Crippen molar-refractivity contribution in [1.82, 2.24) is 10.2 Å². The van der Waals surface area contributed by atoms with Crippen molar-refractivity contribution >= 4 is 28.2 Å². The van der Waals surface area contributed by atoms with Crippen LogP contribution in [0.3, 0.4) is 0 Å². The lowest BCUT2D eigenvalue weighted by atomic mass is 9.91. The first-order valence-corrected chi connectivity index (χ1v) is 13.1. The molecule has 7 nitrogen and oxygen atoms in total. The van der Waals surface area contributed by atoms with Gasteiger partial charge in [0.05, 0.1) is 17.4 Å². The molecule has 38 heavy (non-hydrogen) atoms. The highest BCUT2D eigenvalue weighted by Crippen LogP contribution is 2.49. The van der Waals surface area contributed by atoms with Crippen LogP contribution in [-0.2, 0) is 21.1 Å². The maximum absolute atomic E-state index is 14.8. The first-order valence-electron chi connectivity index (χ1n) is 13.1. The molecule has 2 atom stereocenters. The van der Waals surface area contributed by atoms with E-state index < -0.39 is 23.2 Å². The molecule has 1 saturated carbocycles. The fraction of sp³-hybridized carbons (Fsp3) is 0.483. The zero-order chi connectivity index (χ0) is 27.6. The summed E-state index contributed by atoms with van der Waals surface area (Å²) in [4.78, 5) is 15.4. The van der Waals surface area contributed by atoms with Crippen LogP contribution in [0.15, 0.2) is 36.4 Å². The van der Waals surface area contributed by atoms with Crippen molar-refractivity contribution in [3.8, 4) is 0 Å². The Labute approximate surface area is 221 Å². The van der Waals surface area contributed by atoms with E-state index in [-0.39, 0.29) is 17.5 Å². The SMILES string of the molecule is CCOC1(C)C(=O)N(C2CC2)c2cc3c(N[C@H](C)c4cccc(C(F)(F)C(C)(C)O)c4)nnc(C)c3cc21. The minimum atomic E-state index is -3.42. The third-order valence-electron chi connectivity index (χ3n) is 7.70. The van der Waals surface area contributed by atoms with Crippen LogP contribution >= 0.6 is 0 Å². The number of carbonyl (C=O) groups is 1. The summed E-state index contributed by atoms with van der Waals surface area (Å²) in [5.74, 6) is -2.99. The fourth-order valence-electron chi connectivity index (χ4n) is 5.23. The number of alkyl halides is 2. The second kappa shape index (κ2) is 8.95. The fourth-order valence-corrected chi connectivity index (χ4v) is 5.23. The van der Waals surface area contributed by atoms with Gasteiger partial charge in [0.25, 0.3) is 5.91 Å². The van der Waals surface area contributed by atoms with Crippen LogP contribution in [0.2, 0.25) is 0 Å². The van der Waals surface area contributed by atoms with Gasteiger partial charge in [0.2, 0.25) is 0 Å². The van der Waals surface area contributed by atoms with Crippen molar-refractivity contribution in [3.05, 3.63) is 58.8 Å². The Bertz CT molecular complexity index is 1420. The maximum atomic E-state index is 14.8. The molecule has 0 radical (unpaired) electrons. The van der Waals surface area contributed by atoms with Gasteiger partial charge in [0.15, 0.2) is 11.4 Å². The molecule has 1 aromatic heterocycles. The average Bonchev–Trinajstić information content (AvgIpc) is 3.67. The van der Waals surface area contributed by atoms with Gasteiger partial charge in [-0.2, -0.15) is 13.9 Å². The second-order valence-electron chi connectivity index (χ2n) is 11.0. The van der Waals surface area contributed by atoms with Gasteiger partial charge < -0.3 is 20.1 Å². The molecule has 0 saturated heterocycles. The molecule has 1 amide bonds. The van der Waals surface area contributed by atoms with Crippen molar-refractivity contribution in [2.24, 2.45) is 0 Å². The lowest BCUT2D eigenvalue weighted by Gasteiger charge is -2.30. The Balaban J connectivity index is 1.56. The van der Waals surface area contributed by atoms with Crippen LogP contribution in [0.1, 0.15) is 75.9 Å². The molecule has 2 aliphatic rings. The third kappa shape index (κ3) is 4.12. The van der Waals surface area contributed by atoms with E-state index in [9.17, 15) is 18.7 Å². The van der Waals surface area contributed by atoms with Crippen molar-refractivity contribution in [3.63, 3.8) is 0 Å². The number of ether oxygens (including phenoxy) is 1. The zero-order valence-electron chi connectivity index (χ0n) is 22.6. The normalized spacial score (nSPS) is 20.7. The highest BCUT2D eigenvalue weighted by molar-refractivity contribution is 6.11. The Morgan fingerprint density at radius 1 is 1.21 bits per heavy atom. The highest BCUT2D eigenvalue weighted by atomic mass is 19.3. The molecule has 0 bridgehead atoms. The number of carbonyl (C=O) groups excluding carboxylic acids is 1. The molecule has 0 spiro atoms. The van der Waals surface area contributed by atoms with Crippen LogP contribution in [-0.4, -0.2) is 39.5 Å². The number of aliphatic hydroxyl groups is 1. The van der Waals surface area contributed by atoms with Crippen LogP contribution in [0.25, 0.3) is 10.8 Å². The number of anilines is 2. The first-order chi connectivity index (χ1) is 17.8. The number of aromatic nitrogens is 2. The number of aryl methyl sites for hydroxylation is 1. The number of benzene rings is 2. The van der Waals surface area contributed by atoms with Gasteiger partial charge in [-0.3, -0.25) is 4.79 Å². The summed E-state index contributed by atoms with van der Waals surface area (Å²) in [5.41, 5.74) is -0.573. The smallest absolute Gasteiger partial charge is 0.300 e. The molecule has 9 heteroatoms. The third-order valence-corrected chi connectivity index (χ3v) is 7.70. The molecule has 1 aliphatic heterocycles. The first kappa shape index (κ1) is 26.4. The number of halogens is 2. The van der Waals surface area contributed by atoms with Crippen molar-refractivity contribution in [1.29, 1.82) is 0 Å². The van der Waals surface area contributed by atoms with Gasteiger partial charge in [-0.25, -0.2) is 0 Å². The molecular formula is C29H34F2N4O3. The monoisotopic (exact) mass is 524 g/mol. The Morgan fingerprint density at radius 3 is 2.55 bits per heavy atom. The zero-order valence-corrected chi connectivity index (χ0v) is 22.6. The van der Waals surface area contributed by atoms with Gasteiger partial charge in [-0.05, 0) is 78.1 Å². The summed E-state index contributed by atoms with van der Waals surface area (Å²) in [5, 5.41) is 23.7. The van der Waals surface area contributed by atoms with Crippen LogP contribution < -0.4 is 10.2 Å². The lowest BCUT2D eigenvalue weighted by molar-refractivity contribution is -0.168. The van der Waals surface area contributed by atoms with Gasteiger partial charge in [0.1, 0.15) is 5.60 Å². The predicted molar refractivity (Wildman–Crippen MR) is 142 cm³/mol. The molecule has 1 unspecified atom stereocenters. The number of rotatable bonds is 8. The molecule has 1 aliphatic carbocycles. The largest absolute Gasteiger partial charge is 0.384 e. The average molecular weight is 525 g/mol. The van der Waals surface area contributed by atoms with E-state index in [1.165, 1.54) is 12.1 Å². The van der Waals surface area contributed by atoms with Gasteiger partial charge in [0, 0.05) is 34.5 Å². The summed E-state index contributed by atoms with van der Waals surface area (Å²) in [6, 6.07) is 9.75. The number of nitrogens with zero attached hydrogens (tertiary/aromatic N) is 3. The number of fused-ring (bicyclic) bond motifs is 2. The molecule has 3 aromatic rings. The van der Waals surface area contributed by atoms with E-state index in [4.69, 9.17) is 4.74 Å². The molecule has 2 heterocycles. The van der Waals surface area contributed by atoms with Gasteiger partial charge in [-0.1, -0.05) is 18.2 Å². The molecule has 5 rings (SSSR count). The number of hydrogen-bond acceptors (Lipinski definition) is 6. The standard InChI is InChI=1S/C29H34F2N4O3/c1-7-38-28(6)23-14-21-17(3)33-34-25(22(21)15-24(23)35(26(28)36)20-11-12-20)32-16(2)18-9-8-10-19(13-18)29(30,31)27(4,5)37/h8-10,13-16,20,37H,7,11-12H2,1-6H3,(H,32,34)/t16-,28?/m1/s1. The minimum Gasteiger partial charge on any atom is -0.384 e. The summed E-state index contributed by atoms with van der Waals surface area (Å²) in [6.45, 7) is 10.0. The van der Waals surface area contributed by atoms with E-state index in [0.717, 1.165) is 48.7 Å². The van der Waals surface area contributed by atoms with E-state index in [1.54, 1.807) is 12.1 Å². The van der Waals surface area contributed by atoms with E-state index in [2.05, 4.69) is 15.5 Å². The summed E-state index contributed by atoms with van der Waals surface area (Å²) in [7, 11) is 0. The number of nitrogens with one attached hydrogen (secondary N) is 1. The molecular weight excluding hydrogens is 490 g/mol. The predicted octanol–water partition coefficient (Wildman–Crippen LogP) is 5.73. The van der Waals surface area contributed by atoms with E-state index >= 15 is 0 Å². The Hall–Kier alpha value is -3.17. The van der Waals surface area contributed by atoms with E-state index in [1.807, 2.05) is 44.7 Å². The highest BCUT2D eigenvalue weighted by Gasteiger charge is 2.53. The summed E-state index contributed by atoms with van der Waals surface area (Å²) >= 11 is 0. The summed E-state index contributed by atoms with van der Waals surface area (Å²) < 4.78 is 35.7. The number of hydrogen-bond donors (Lipinski definition) is 2.